The number of benzene rings is 1. The molecule has 0 saturated heterocycles. The van der Waals surface area contributed by atoms with Crippen LogP contribution in [0.5, 0.6) is 0 Å². The molecule has 2 rings (SSSR count). The van der Waals surface area contributed by atoms with Crippen molar-refractivity contribution in [1.29, 1.82) is 0 Å². The van der Waals surface area contributed by atoms with Crippen LogP contribution >= 0.6 is 0 Å². The minimum Gasteiger partial charge on any atom is -0.333 e. The molecule has 1 aromatic heterocycles. The highest BCUT2D eigenvalue weighted by atomic mass is 16.1. The lowest BCUT2D eigenvalue weighted by Gasteiger charge is -2.17. The molecule has 0 bridgehead atoms. The molecule has 0 radical (unpaired) electrons. The molecular weight excluding hydrogens is 226 g/mol. The molecule has 0 N–H and O–H groups in total. The van der Waals surface area contributed by atoms with E-state index in [1.807, 2.05) is 37.3 Å². The molecule has 0 aliphatic carbocycles. The summed E-state index contributed by atoms with van der Waals surface area (Å²) < 4.78 is 1.78. The first-order valence-corrected chi connectivity index (χ1v) is 5.91. The molecule has 0 amide bonds. The molecule has 3 heteroatoms. The Morgan fingerprint density at radius 2 is 1.56 bits per heavy atom. The maximum absolute atomic E-state index is 11.0. The van der Waals surface area contributed by atoms with Gasteiger partial charge in [0.25, 0.3) is 0 Å². The third kappa shape index (κ3) is 2.40. The molecule has 0 aliphatic heterocycles. The third-order valence-electron chi connectivity index (χ3n) is 3.04. The molecule has 1 aromatic carbocycles. The maximum atomic E-state index is 11.0. The van der Waals surface area contributed by atoms with Gasteiger partial charge in [0, 0.05) is 6.04 Å². The zero-order valence-electron chi connectivity index (χ0n) is 10.2. The second kappa shape index (κ2) is 5.45. The molecule has 3 nitrogen and oxygen atoms in total. The van der Waals surface area contributed by atoms with Gasteiger partial charge in [0.15, 0.2) is 12.6 Å². The van der Waals surface area contributed by atoms with Crippen LogP contribution in [0.25, 0.3) is 0 Å². The van der Waals surface area contributed by atoms with Gasteiger partial charge in [-0.3, -0.25) is 9.59 Å². The monoisotopic (exact) mass is 241 g/mol. The summed E-state index contributed by atoms with van der Waals surface area (Å²) in [5, 5.41) is 0. The molecule has 1 unspecified atom stereocenters. The number of aldehydes is 2. The molecule has 0 spiro atoms. The summed E-state index contributed by atoms with van der Waals surface area (Å²) in [5.41, 5.74) is 2.27. The van der Waals surface area contributed by atoms with E-state index in [4.69, 9.17) is 0 Å². The zero-order valence-corrected chi connectivity index (χ0v) is 10.2. The summed E-state index contributed by atoms with van der Waals surface area (Å²) in [6.07, 6.45) is 2.36. The summed E-state index contributed by atoms with van der Waals surface area (Å²) in [6, 6.07) is 13.5. The molecule has 1 heterocycles. The van der Waals surface area contributed by atoms with Crippen molar-refractivity contribution in [2.45, 2.75) is 19.4 Å². The fourth-order valence-corrected chi connectivity index (χ4v) is 2.23. The smallest absolute Gasteiger partial charge is 0.166 e. The molecule has 0 saturated carbocycles. The Morgan fingerprint density at radius 3 is 2.06 bits per heavy atom. The number of carbonyl (C=O) groups is 2. The third-order valence-corrected chi connectivity index (χ3v) is 3.04. The molecule has 18 heavy (non-hydrogen) atoms. The molecule has 92 valence electrons. The molecule has 0 fully saturated rings. The largest absolute Gasteiger partial charge is 0.333 e. The van der Waals surface area contributed by atoms with Gasteiger partial charge in [-0.05, 0) is 31.0 Å². The number of aromatic nitrogens is 1. The first kappa shape index (κ1) is 12.3. The van der Waals surface area contributed by atoms with Crippen molar-refractivity contribution in [3.63, 3.8) is 0 Å². The Hall–Kier alpha value is -2.16. The Balaban J connectivity index is 2.28. The number of hydrogen-bond donors (Lipinski definition) is 0. The van der Waals surface area contributed by atoms with Gasteiger partial charge in [0.2, 0.25) is 0 Å². The summed E-state index contributed by atoms with van der Waals surface area (Å²) in [5.74, 6) is 0. The first-order chi connectivity index (χ1) is 8.76. The minimum absolute atomic E-state index is 0.0720. The summed E-state index contributed by atoms with van der Waals surface area (Å²) >= 11 is 0. The van der Waals surface area contributed by atoms with Crippen molar-refractivity contribution in [3.8, 4) is 0 Å². The summed E-state index contributed by atoms with van der Waals surface area (Å²) in [7, 11) is 0. The Morgan fingerprint density at radius 1 is 1.00 bits per heavy atom. The highest BCUT2D eigenvalue weighted by Gasteiger charge is 2.13. The van der Waals surface area contributed by atoms with Gasteiger partial charge in [0.05, 0.1) is 11.4 Å². The van der Waals surface area contributed by atoms with Gasteiger partial charge in [-0.1, -0.05) is 30.3 Å². The minimum atomic E-state index is 0.0720. The summed E-state index contributed by atoms with van der Waals surface area (Å²) in [6.45, 7) is 2.01. The van der Waals surface area contributed by atoms with Crippen LogP contribution in [0, 0.1) is 0 Å². The van der Waals surface area contributed by atoms with E-state index in [1.54, 1.807) is 16.7 Å². The van der Waals surface area contributed by atoms with Gasteiger partial charge in [0.1, 0.15) is 0 Å². The lowest BCUT2D eigenvalue weighted by molar-refractivity contribution is 0.110. The van der Waals surface area contributed by atoms with Gasteiger partial charge < -0.3 is 4.57 Å². The number of carbonyl (C=O) groups excluding carboxylic acids is 2. The number of nitrogens with zero attached hydrogens (tertiary/aromatic N) is 1. The summed E-state index contributed by atoms with van der Waals surface area (Å²) in [4.78, 5) is 22.0. The predicted molar refractivity (Wildman–Crippen MR) is 70.1 cm³/mol. The maximum Gasteiger partial charge on any atom is 0.166 e. The van der Waals surface area contributed by atoms with Crippen molar-refractivity contribution in [3.05, 3.63) is 59.4 Å². The lowest BCUT2D eigenvalue weighted by Crippen LogP contribution is -2.13. The Labute approximate surface area is 106 Å². The standard InChI is InChI=1S/C15H15NO2/c1-12(9-13-5-3-2-4-6-13)16-14(10-17)7-8-15(16)11-18/h2-8,10-12H,9H2,1H3. The Bertz CT molecular complexity index is 517. The predicted octanol–water partition coefficient (Wildman–Crippen LogP) is 2.92. The molecule has 1 atom stereocenters. The molecule has 2 aromatic rings. The van der Waals surface area contributed by atoms with E-state index in [-0.39, 0.29) is 6.04 Å². The lowest BCUT2D eigenvalue weighted by atomic mass is 10.1. The van der Waals surface area contributed by atoms with Gasteiger partial charge in [-0.2, -0.15) is 0 Å². The van der Waals surface area contributed by atoms with Crippen LogP contribution in [0.2, 0.25) is 0 Å². The van der Waals surface area contributed by atoms with Crippen LogP contribution in [-0.4, -0.2) is 17.1 Å². The SMILES string of the molecule is CC(Cc1ccccc1)n1c(C=O)ccc1C=O. The quantitative estimate of drug-likeness (QED) is 0.755. The van der Waals surface area contributed by atoms with Crippen molar-refractivity contribution < 1.29 is 9.59 Å². The first-order valence-electron chi connectivity index (χ1n) is 5.91. The van der Waals surface area contributed by atoms with E-state index in [0.717, 1.165) is 19.0 Å². The van der Waals surface area contributed by atoms with Gasteiger partial charge in [-0.15, -0.1) is 0 Å². The number of hydrogen-bond acceptors (Lipinski definition) is 2. The van der Waals surface area contributed by atoms with Crippen LogP contribution in [0.1, 0.15) is 39.5 Å². The van der Waals surface area contributed by atoms with E-state index in [9.17, 15) is 9.59 Å². The Kier molecular flexibility index (Phi) is 3.72. The fraction of sp³-hybridized carbons (Fsp3) is 0.200. The number of rotatable bonds is 5. The van der Waals surface area contributed by atoms with Crippen molar-refractivity contribution in [2.75, 3.05) is 0 Å². The average molecular weight is 241 g/mol. The second-order valence-electron chi connectivity index (χ2n) is 4.33. The fourth-order valence-electron chi connectivity index (χ4n) is 2.23. The van der Waals surface area contributed by atoms with E-state index < -0.39 is 0 Å². The van der Waals surface area contributed by atoms with Crippen LogP contribution < -0.4 is 0 Å². The van der Waals surface area contributed by atoms with Crippen molar-refractivity contribution in [1.82, 2.24) is 4.57 Å². The van der Waals surface area contributed by atoms with Crippen LogP contribution in [0.4, 0.5) is 0 Å². The van der Waals surface area contributed by atoms with Crippen molar-refractivity contribution in [2.24, 2.45) is 0 Å². The molecule has 0 aliphatic rings. The highest BCUT2D eigenvalue weighted by Crippen LogP contribution is 2.18. The van der Waals surface area contributed by atoms with E-state index in [2.05, 4.69) is 0 Å². The highest BCUT2D eigenvalue weighted by molar-refractivity contribution is 5.79. The second-order valence-corrected chi connectivity index (χ2v) is 4.33. The van der Waals surface area contributed by atoms with Crippen LogP contribution in [0.15, 0.2) is 42.5 Å². The topological polar surface area (TPSA) is 39.1 Å². The van der Waals surface area contributed by atoms with Crippen LogP contribution in [0.3, 0.4) is 0 Å². The van der Waals surface area contributed by atoms with Gasteiger partial charge >= 0.3 is 0 Å². The van der Waals surface area contributed by atoms with Gasteiger partial charge in [-0.25, -0.2) is 0 Å². The molecular formula is C15H15NO2. The normalized spacial score (nSPS) is 12.1. The van der Waals surface area contributed by atoms with Crippen LogP contribution in [-0.2, 0) is 6.42 Å². The van der Waals surface area contributed by atoms with E-state index in [0.29, 0.717) is 11.4 Å². The average Bonchev–Trinajstić information content (AvgIpc) is 2.82. The van der Waals surface area contributed by atoms with E-state index in [1.165, 1.54) is 5.56 Å². The van der Waals surface area contributed by atoms with E-state index >= 15 is 0 Å². The van der Waals surface area contributed by atoms with Crippen molar-refractivity contribution >= 4 is 12.6 Å². The zero-order chi connectivity index (χ0) is 13.0.